The molecule has 0 unspecified atom stereocenters. The molecule has 0 saturated heterocycles. The third kappa shape index (κ3) is 2.04. The number of carbonyl (C=O) groups excluding carboxylic acids is 1. The van der Waals surface area contributed by atoms with E-state index in [1.54, 1.807) is 6.07 Å². The van der Waals surface area contributed by atoms with E-state index in [0.29, 0.717) is 21.7 Å². The number of aromatic hydroxyl groups is 1. The van der Waals surface area contributed by atoms with Crippen LogP contribution in [0.5, 0.6) is 5.75 Å². The normalized spacial score (nSPS) is 9.53. The Hall–Kier alpha value is -1.29. The number of fused-ring (bicyclic) bond motifs is 1. The Kier molecular flexibility index (Phi) is 3.91. The van der Waals surface area contributed by atoms with Crippen molar-refractivity contribution < 1.29 is 14.3 Å². The summed E-state index contributed by atoms with van der Waals surface area (Å²) in [6.45, 7) is 4.00. The van der Waals surface area contributed by atoms with Gasteiger partial charge in [0.15, 0.2) is 11.9 Å². The zero-order valence-corrected chi connectivity index (χ0v) is 10.0. The number of halogens is 1. The molecule has 2 aromatic rings. The first-order valence-corrected chi connectivity index (χ1v) is 5.37. The van der Waals surface area contributed by atoms with E-state index in [1.165, 1.54) is 12.3 Å². The summed E-state index contributed by atoms with van der Waals surface area (Å²) in [4.78, 5) is 10.5. The van der Waals surface area contributed by atoms with Gasteiger partial charge in [-0.25, -0.2) is 0 Å². The Morgan fingerprint density at radius 2 is 2.13 bits per heavy atom. The van der Waals surface area contributed by atoms with Gasteiger partial charge in [0.2, 0.25) is 0 Å². The van der Waals surface area contributed by atoms with Gasteiger partial charge in [-0.2, -0.15) is 0 Å². The molecular formula is C11H11BrO3. The van der Waals surface area contributed by atoms with Crippen LogP contribution in [0.3, 0.4) is 0 Å². The molecule has 0 aliphatic heterocycles. The number of phenolic OH excluding ortho intramolecular Hbond substituents is 1. The lowest BCUT2D eigenvalue weighted by Gasteiger charge is -1.99. The van der Waals surface area contributed by atoms with Crippen LogP contribution in [0.4, 0.5) is 0 Å². The number of hydrogen-bond acceptors (Lipinski definition) is 3. The summed E-state index contributed by atoms with van der Waals surface area (Å²) in [5.74, 6) is -0.0399. The van der Waals surface area contributed by atoms with E-state index in [4.69, 9.17) is 4.42 Å². The fraction of sp³-hybridized carbons (Fsp3) is 0.182. The van der Waals surface area contributed by atoms with Gasteiger partial charge < -0.3 is 9.52 Å². The highest BCUT2D eigenvalue weighted by atomic mass is 79.9. The molecule has 1 aromatic heterocycles. The van der Waals surface area contributed by atoms with Crippen molar-refractivity contribution in [2.75, 3.05) is 0 Å². The molecule has 0 aliphatic carbocycles. The summed E-state index contributed by atoms with van der Waals surface area (Å²) in [5.41, 5.74) is 0.795. The van der Waals surface area contributed by atoms with Gasteiger partial charge in [-0.05, 0) is 28.1 Å². The second-order valence-electron chi connectivity index (χ2n) is 2.58. The van der Waals surface area contributed by atoms with Crippen LogP contribution in [0.1, 0.15) is 24.2 Å². The average Bonchev–Trinajstić information content (AvgIpc) is 2.76. The van der Waals surface area contributed by atoms with Gasteiger partial charge in [-0.1, -0.05) is 13.8 Å². The van der Waals surface area contributed by atoms with Gasteiger partial charge >= 0.3 is 0 Å². The van der Waals surface area contributed by atoms with Crippen LogP contribution in [-0.2, 0) is 0 Å². The first kappa shape index (κ1) is 11.8. The van der Waals surface area contributed by atoms with E-state index >= 15 is 0 Å². The summed E-state index contributed by atoms with van der Waals surface area (Å²) >= 11 is 3.24. The molecule has 1 N–H and O–H groups in total. The minimum Gasteiger partial charge on any atom is -0.506 e. The van der Waals surface area contributed by atoms with Gasteiger partial charge in [-0.15, -0.1) is 0 Å². The minimum atomic E-state index is -0.0399. The molecule has 1 aromatic carbocycles. The monoisotopic (exact) mass is 270 g/mol. The molecule has 0 spiro atoms. The van der Waals surface area contributed by atoms with Crippen LogP contribution in [-0.4, -0.2) is 11.4 Å². The van der Waals surface area contributed by atoms with Gasteiger partial charge in [0.05, 0.1) is 21.7 Å². The molecule has 0 radical (unpaired) electrons. The molecule has 0 bridgehead atoms. The topological polar surface area (TPSA) is 50.4 Å². The third-order valence-electron chi connectivity index (χ3n) is 1.82. The Morgan fingerprint density at radius 3 is 2.73 bits per heavy atom. The van der Waals surface area contributed by atoms with Crippen LogP contribution in [0.25, 0.3) is 11.0 Å². The van der Waals surface area contributed by atoms with Crippen LogP contribution < -0.4 is 0 Å². The predicted octanol–water partition coefficient (Wildman–Crippen LogP) is 3.74. The average molecular weight is 271 g/mol. The number of carbonyl (C=O) groups is 1. The second-order valence-corrected chi connectivity index (χ2v) is 3.43. The lowest BCUT2D eigenvalue weighted by Crippen LogP contribution is -1.82. The van der Waals surface area contributed by atoms with Crippen LogP contribution in [0, 0.1) is 0 Å². The number of rotatable bonds is 1. The Bertz CT molecular complexity index is 474. The highest BCUT2D eigenvalue weighted by Gasteiger charge is 2.11. The van der Waals surface area contributed by atoms with E-state index in [0.717, 1.165) is 0 Å². The van der Waals surface area contributed by atoms with Crippen molar-refractivity contribution in [3.63, 3.8) is 0 Å². The molecule has 0 fully saturated rings. The summed E-state index contributed by atoms with van der Waals surface area (Å²) in [5, 5.41) is 10.1. The van der Waals surface area contributed by atoms with E-state index in [-0.39, 0.29) is 11.3 Å². The smallest absolute Gasteiger partial charge is 0.153 e. The first-order chi connectivity index (χ1) is 7.24. The number of phenols is 1. The molecule has 0 saturated carbocycles. The molecule has 0 amide bonds. The van der Waals surface area contributed by atoms with Crippen molar-refractivity contribution in [3.8, 4) is 5.75 Å². The molecule has 15 heavy (non-hydrogen) atoms. The van der Waals surface area contributed by atoms with Crippen molar-refractivity contribution in [1.82, 2.24) is 0 Å². The molecule has 0 atom stereocenters. The lowest BCUT2D eigenvalue weighted by molar-refractivity contribution is 0.112. The highest BCUT2D eigenvalue weighted by Crippen LogP contribution is 2.34. The van der Waals surface area contributed by atoms with Gasteiger partial charge in [0.1, 0.15) is 5.75 Å². The van der Waals surface area contributed by atoms with Crippen molar-refractivity contribution in [3.05, 3.63) is 28.4 Å². The first-order valence-electron chi connectivity index (χ1n) is 4.58. The standard InChI is InChI=1S/C9H5BrO3.C2H6/c10-7-3-5(4-11)8(12)6-1-2-13-9(6)7;1-2/h1-4,12H;1-2H3. The Morgan fingerprint density at radius 1 is 1.47 bits per heavy atom. The molecule has 80 valence electrons. The summed E-state index contributed by atoms with van der Waals surface area (Å²) < 4.78 is 5.77. The zero-order chi connectivity index (χ0) is 11.4. The summed E-state index contributed by atoms with van der Waals surface area (Å²) in [6.07, 6.45) is 2.07. The van der Waals surface area contributed by atoms with Crippen molar-refractivity contribution in [2.45, 2.75) is 13.8 Å². The number of benzene rings is 1. The number of furan rings is 1. The quantitative estimate of drug-likeness (QED) is 0.804. The second kappa shape index (κ2) is 4.98. The molecule has 3 nitrogen and oxygen atoms in total. The van der Waals surface area contributed by atoms with Gasteiger partial charge in [-0.3, -0.25) is 4.79 Å². The van der Waals surface area contributed by atoms with Crippen molar-refractivity contribution in [2.24, 2.45) is 0 Å². The van der Waals surface area contributed by atoms with E-state index < -0.39 is 0 Å². The van der Waals surface area contributed by atoms with Gasteiger partial charge in [0, 0.05) is 0 Å². The van der Waals surface area contributed by atoms with Crippen LogP contribution >= 0.6 is 15.9 Å². The Balaban J connectivity index is 0.000000531. The number of aldehydes is 1. The maximum absolute atomic E-state index is 10.5. The van der Waals surface area contributed by atoms with Gasteiger partial charge in [0.25, 0.3) is 0 Å². The van der Waals surface area contributed by atoms with E-state index in [1.807, 2.05) is 13.8 Å². The molecular weight excluding hydrogens is 260 g/mol. The van der Waals surface area contributed by atoms with Crippen molar-refractivity contribution >= 4 is 33.2 Å². The molecule has 1 heterocycles. The summed E-state index contributed by atoms with van der Waals surface area (Å²) in [7, 11) is 0. The lowest BCUT2D eigenvalue weighted by atomic mass is 10.1. The van der Waals surface area contributed by atoms with E-state index in [2.05, 4.69) is 15.9 Å². The fourth-order valence-corrected chi connectivity index (χ4v) is 1.75. The minimum absolute atomic E-state index is 0.0399. The third-order valence-corrected chi connectivity index (χ3v) is 2.41. The SMILES string of the molecule is CC.O=Cc1cc(Br)c2occc2c1O. The maximum atomic E-state index is 10.5. The summed E-state index contributed by atoms with van der Waals surface area (Å²) in [6, 6.07) is 3.14. The van der Waals surface area contributed by atoms with Crippen LogP contribution in [0.15, 0.2) is 27.3 Å². The predicted molar refractivity (Wildman–Crippen MR) is 62.3 cm³/mol. The van der Waals surface area contributed by atoms with Crippen LogP contribution in [0.2, 0.25) is 0 Å². The van der Waals surface area contributed by atoms with E-state index in [9.17, 15) is 9.90 Å². The van der Waals surface area contributed by atoms with Crippen molar-refractivity contribution in [1.29, 1.82) is 0 Å². The fourth-order valence-electron chi connectivity index (χ4n) is 1.20. The highest BCUT2D eigenvalue weighted by molar-refractivity contribution is 9.10. The molecule has 0 aliphatic rings. The Labute approximate surface area is 95.8 Å². The largest absolute Gasteiger partial charge is 0.506 e. The molecule has 2 rings (SSSR count). The number of hydrogen-bond donors (Lipinski definition) is 1. The maximum Gasteiger partial charge on any atom is 0.153 e. The zero-order valence-electron chi connectivity index (χ0n) is 8.45. The molecule has 4 heteroatoms.